The second-order valence-corrected chi connectivity index (χ2v) is 6.56. The summed E-state index contributed by atoms with van der Waals surface area (Å²) in [7, 11) is 0. The van der Waals surface area contributed by atoms with E-state index >= 15 is 0 Å². The number of rotatable bonds is 6. The van der Waals surface area contributed by atoms with Gasteiger partial charge in [0.15, 0.2) is 0 Å². The topological polar surface area (TPSA) is 49.8 Å². The second-order valence-electron chi connectivity index (χ2n) is 6.56. The lowest BCUT2D eigenvalue weighted by Gasteiger charge is -2.36. The van der Waals surface area contributed by atoms with Gasteiger partial charge in [-0.15, -0.1) is 0 Å². The van der Waals surface area contributed by atoms with Crippen LogP contribution in [0.25, 0.3) is 0 Å². The van der Waals surface area contributed by atoms with Crippen molar-refractivity contribution in [1.82, 2.24) is 4.90 Å². The van der Waals surface area contributed by atoms with Crippen molar-refractivity contribution < 1.29 is 14.6 Å². The van der Waals surface area contributed by atoms with Crippen LogP contribution in [0, 0.1) is 5.92 Å². The minimum absolute atomic E-state index is 0.0927. The highest BCUT2D eigenvalue weighted by Gasteiger charge is 2.30. The second kappa shape index (κ2) is 8.67. The Morgan fingerprint density at radius 2 is 1.76 bits per heavy atom. The third-order valence-electron chi connectivity index (χ3n) is 4.72. The lowest BCUT2D eigenvalue weighted by molar-refractivity contribution is -0.135. The molecule has 4 nitrogen and oxygen atoms in total. The number of aliphatic hydroxyl groups is 1. The molecule has 1 heterocycles. The third-order valence-corrected chi connectivity index (χ3v) is 4.72. The quantitative estimate of drug-likeness (QED) is 0.880. The van der Waals surface area contributed by atoms with Gasteiger partial charge in [-0.1, -0.05) is 48.5 Å². The monoisotopic (exact) mass is 339 g/mol. The Morgan fingerprint density at radius 3 is 2.48 bits per heavy atom. The van der Waals surface area contributed by atoms with Crippen molar-refractivity contribution in [2.24, 2.45) is 5.92 Å². The van der Waals surface area contributed by atoms with Crippen molar-refractivity contribution in [3.8, 4) is 5.75 Å². The molecule has 0 saturated carbocycles. The number of nitrogens with zero attached hydrogens (tertiary/aromatic N) is 1. The van der Waals surface area contributed by atoms with E-state index in [2.05, 4.69) is 12.1 Å². The molecule has 1 aliphatic rings. The average Bonchev–Trinajstić information content (AvgIpc) is 2.65. The summed E-state index contributed by atoms with van der Waals surface area (Å²) >= 11 is 0. The summed E-state index contributed by atoms with van der Waals surface area (Å²) < 4.78 is 5.61. The number of hydrogen-bond acceptors (Lipinski definition) is 3. The molecule has 132 valence electrons. The molecule has 25 heavy (non-hydrogen) atoms. The molecule has 0 bridgehead atoms. The zero-order valence-corrected chi connectivity index (χ0v) is 14.4. The summed E-state index contributed by atoms with van der Waals surface area (Å²) in [6, 6.07) is 19.7. The zero-order chi connectivity index (χ0) is 17.5. The molecule has 1 aliphatic heterocycles. The summed E-state index contributed by atoms with van der Waals surface area (Å²) in [6.07, 6.45) is 1.46. The fourth-order valence-electron chi connectivity index (χ4n) is 3.29. The first kappa shape index (κ1) is 17.5. The first-order valence-corrected chi connectivity index (χ1v) is 8.90. The molecule has 0 aliphatic carbocycles. The van der Waals surface area contributed by atoms with Crippen LogP contribution in [0.4, 0.5) is 0 Å². The number of carbonyl (C=O) groups excluding carboxylic acids is 1. The highest BCUT2D eigenvalue weighted by molar-refractivity contribution is 5.76. The van der Waals surface area contributed by atoms with Crippen molar-refractivity contribution in [3.63, 3.8) is 0 Å². The number of amides is 1. The molecule has 2 atom stereocenters. The van der Waals surface area contributed by atoms with Crippen molar-refractivity contribution >= 4 is 5.91 Å². The van der Waals surface area contributed by atoms with Gasteiger partial charge in [0.1, 0.15) is 5.75 Å². The van der Waals surface area contributed by atoms with Gasteiger partial charge in [-0.3, -0.25) is 4.79 Å². The van der Waals surface area contributed by atoms with Gasteiger partial charge < -0.3 is 14.7 Å². The Kier molecular flexibility index (Phi) is 6.07. The lowest BCUT2D eigenvalue weighted by atomic mass is 9.88. The lowest BCUT2D eigenvalue weighted by Crippen LogP contribution is -2.47. The molecule has 1 amide bonds. The van der Waals surface area contributed by atoms with Gasteiger partial charge in [0.05, 0.1) is 19.1 Å². The van der Waals surface area contributed by atoms with Crippen LogP contribution in [0.2, 0.25) is 0 Å². The molecule has 3 rings (SSSR count). The van der Waals surface area contributed by atoms with E-state index in [4.69, 9.17) is 4.74 Å². The van der Waals surface area contributed by atoms with E-state index in [0.717, 1.165) is 12.2 Å². The average molecular weight is 339 g/mol. The number of ether oxygens (including phenoxy) is 1. The Balaban J connectivity index is 1.49. The molecule has 0 unspecified atom stereocenters. The molecule has 0 spiro atoms. The van der Waals surface area contributed by atoms with Gasteiger partial charge in [-0.25, -0.2) is 0 Å². The van der Waals surface area contributed by atoms with E-state index in [9.17, 15) is 9.90 Å². The van der Waals surface area contributed by atoms with E-state index < -0.39 is 0 Å². The van der Waals surface area contributed by atoms with Crippen LogP contribution in [-0.2, 0) is 11.2 Å². The first-order chi connectivity index (χ1) is 12.2. The number of benzene rings is 2. The highest BCUT2D eigenvalue weighted by atomic mass is 16.5. The summed E-state index contributed by atoms with van der Waals surface area (Å²) in [6.45, 7) is 1.61. The summed E-state index contributed by atoms with van der Waals surface area (Å²) in [5.41, 5.74) is 1.20. The smallest absolute Gasteiger partial charge is 0.226 e. The largest absolute Gasteiger partial charge is 0.493 e. The molecule has 2 aromatic rings. The van der Waals surface area contributed by atoms with Crippen molar-refractivity contribution in [1.29, 1.82) is 0 Å². The summed E-state index contributed by atoms with van der Waals surface area (Å²) in [4.78, 5) is 14.3. The summed E-state index contributed by atoms with van der Waals surface area (Å²) in [5.74, 6) is 0.974. The fraction of sp³-hybridized carbons (Fsp3) is 0.381. The Morgan fingerprint density at radius 1 is 1.08 bits per heavy atom. The maximum absolute atomic E-state index is 12.5. The Labute approximate surface area is 149 Å². The number of likely N-dealkylation sites (tertiary alicyclic amines) is 1. The van der Waals surface area contributed by atoms with Gasteiger partial charge in [0.2, 0.25) is 5.91 Å². The van der Waals surface area contributed by atoms with Gasteiger partial charge >= 0.3 is 0 Å². The Bertz CT molecular complexity index is 659. The van der Waals surface area contributed by atoms with Crippen LogP contribution >= 0.6 is 0 Å². The third kappa shape index (κ3) is 5.07. The van der Waals surface area contributed by atoms with E-state index in [-0.39, 0.29) is 17.9 Å². The van der Waals surface area contributed by atoms with E-state index in [0.29, 0.717) is 32.5 Å². The molecule has 4 heteroatoms. The number of aliphatic hydroxyl groups excluding tert-OH is 1. The number of piperidine rings is 1. The van der Waals surface area contributed by atoms with Crippen molar-refractivity contribution in [2.75, 3.05) is 19.7 Å². The van der Waals surface area contributed by atoms with Gasteiger partial charge in [0, 0.05) is 19.0 Å². The van der Waals surface area contributed by atoms with Gasteiger partial charge in [0.25, 0.3) is 0 Å². The SMILES string of the molecule is O=C(CCOc1ccccc1)N1CC[C@H](O)[C@H](Cc2ccccc2)C1. The van der Waals surface area contributed by atoms with Crippen LogP contribution in [0.15, 0.2) is 60.7 Å². The van der Waals surface area contributed by atoms with Crippen LogP contribution < -0.4 is 4.74 Å². The van der Waals surface area contributed by atoms with Crippen molar-refractivity contribution in [2.45, 2.75) is 25.4 Å². The Hall–Kier alpha value is -2.33. The first-order valence-electron chi connectivity index (χ1n) is 8.90. The molecule has 0 aromatic heterocycles. The molecule has 1 N–H and O–H groups in total. The van der Waals surface area contributed by atoms with E-state index in [1.54, 1.807) is 0 Å². The number of para-hydroxylation sites is 1. The normalized spacial score (nSPS) is 20.3. The van der Waals surface area contributed by atoms with Crippen molar-refractivity contribution in [3.05, 3.63) is 66.2 Å². The van der Waals surface area contributed by atoms with Crippen LogP contribution in [0.3, 0.4) is 0 Å². The predicted molar refractivity (Wildman–Crippen MR) is 97.4 cm³/mol. The van der Waals surface area contributed by atoms with Crippen LogP contribution in [0.1, 0.15) is 18.4 Å². The van der Waals surface area contributed by atoms with E-state index in [1.807, 2.05) is 53.4 Å². The minimum Gasteiger partial charge on any atom is -0.493 e. The maximum atomic E-state index is 12.5. The van der Waals surface area contributed by atoms with Crippen LogP contribution in [0.5, 0.6) is 5.75 Å². The number of carbonyl (C=O) groups is 1. The molecule has 0 radical (unpaired) electrons. The van der Waals surface area contributed by atoms with Gasteiger partial charge in [-0.2, -0.15) is 0 Å². The molecular weight excluding hydrogens is 314 g/mol. The maximum Gasteiger partial charge on any atom is 0.226 e. The number of hydrogen-bond donors (Lipinski definition) is 1. The highest BCUT2D eigenvalue weighted by Crippen LogP contribution is 2.22. The molecular formula is C21H25NO3. The molecule has 1 fully saturated rings. The van der Waals surface area contributed by atoms with E-state index in [1.165, 1.54) is 5.56 Å². The molecule has 1 saturated heterocycles. The fourth-order valence-corrected chi connectivity index (χ4v) is 3.29. The minimum atomic E-state index is -0.343. The predicted octanol–water partition coefficient (Wildman–Crippen LogP) is 2.91. The molecule has 2 aromatic carbocycles. The van der Waals surface area contributed by atoms with Gasteiger partial charge in [-0.05, 0) is 30.5 Å². The standard InChI is InChI=1S/C21H25NO3/c23-20-11-13-22(16-18(20)15-17-7-3-1-4-8-17)21(24)12-14-25-19-9-5-2-6-10-19/h1-10,18,20,23H,11-16H2/t18-,20+/m1/s1. The summed E-state index contributed by atoms with van der Waals surface area (Å²) in [5, 5.41) is 10.3. The zero-order valence-electron chi connectivity index (χ0n) is 14.4. The van der Waals surface area contributed by atoms with Crippen LogP contribution in [-0.4, -0.2) is 41.7 Å².